The van der Waals surface area contributed by atoms with Crippen LogP contribution in [0.1, 0.15) is 31.1 Å². The van der Waals surface area contributed by atoms with Crippen LogP contribution in [-0.2, 0) is 0 Å². The highest BCUT2D eigenvalue weighted by Gasteiger charge is 2.25. The number of nitrogens with one attached hydrogen (secondary N) is 1. The highest BCUT2D eigenvalue weighted by atomic mass is 32.2. The molecule has 1 aromatic carbocycles. The van der Waals surface area contributed by atoms with E-state index in [1.807, 2.05) is 35.4 Å². The Kier molecular flexibility index (Phi) is 6.15. The molecule has 0 aliphatic carbocycles. The maximum atomic E-state index is 12.5. The summed E-state index contributed by atoms with van der Waals surface area (Å²) in [5.41, 5.74) is 0.773. The third-order valence-electron chi connectivity index (χ3n) is 3.96. The lowest BCUT2D eigenvalue weighted by molar-refractivity contribution is 0.0664. The maximum Gasteiger partial charge on any atom is 0.317 e. The number of piperazine rings is 1. The lowest BCUT2D eigenvalue weighted by Gasteiger charge is -2.35. The summed E-state index contributed by atoms with van der Waals surface area (Å²) in [4.78, 5) is 29.5. The van der Waals surface area contributed by atoms with Crippen LogP contribution < -0.4 is 5.32 Å². The molecule has 1 N–H and O–H groups in total. The van der Waals surface area contributed by atoms with Crippen molar-refractivity contribution >= 4 is 23.7 Å². The maximum absolute atomic E-state index is 12.5. The molecule has 1 aliphatic heterocycles. The van der Waals surface area contributed by atoms with Gasteiger partial charge >= 0.3 is 6.03 Å². The number of carbonyl (C=O) groups excluding carboxylic acids is 2. The number of thioether (sulfide) groups is 1. The average molecular weight is 350 g/mol. The zero-order valence-electron chi connectivity index (χ0n) is 15.0. The zero-order valence-corrected chi connectivity index (χ0v) is 15.8. The van der Waals surface area contributed by atoms with Crippen LogP contribution in [0.15, 0.2) is 29.2 Å². The number of carbonyl (C=O) groups is 2. The molecular weight excluding hydrogens is 322 g/mol. The monoisotopic (exact) mass is 349 g/mol. The second-order valence-corrected chi connectivity index (χ2v) is 8.11. The van der Waals surface area contributed by atoms with Gasteiger partial charge in [0.05, 0.1) is 0 Å². The molecular formula is C18H27N3O2S. The highest BCUT2D eigenvalue weighted by Crippen LogP contribution is 2.17. The van der Waals surface area contributed by atoms with Gasteiger partial charge in [-0.25, -0.2) is 4.79 Å². The average Bonchev–Trinajstić information content (AvgIpc) is 2.58. The van der Waals surface area contributed by atoms with Crippen molar-refractivity contribution in [2.45, 2.75) is 25.7 Å². The lowest BCUT2D eigenvalue weighted by atomic mass is 9.97. The third-order valence-corrected chi connectivity index (χ3v) is 4.70. The van der Waals surface area contributed by atoms with Gasteiger partial charge < -0.3 is 15.1 Å². The van der Waals surface area contributed by atoms with Gasteiger partial charge in [-0.2, -0.15) is 0 Å². The summed E-state index contributed by atoms with van der Waals surface area (Å²) in [6.45, 7) is 9.21. The van der Waals surface area contributed by atoms with Gasteiger partial charge in [0.1, 0.15) is 0 Å². The molecule has 2 rings (SSSR count). The van der Waals surface area contributed by atoms with Gasteiger partial charge in [-0.1, -0.05) is 20.8 Å². The van der Waals surface area contributed by atoms with Crippen LogP contribution in [0.5, 0.6) is 0 Å². The van der Waals surface area contributed by atoms with E-state index in [0.29, 0.717) is 38.3 Å². The van der Waals surface area contributed by atoms with E-state index in [9.17, 15) is 9.59 Å². The largest absolute Gasteiger partial charge is 0.337 e. The first-order valence-corrected chi connectivity index (χ1v) is 9.49. The molecule has 0 spiro atoms. The first-order chi connectivity index (χ1) is 11.3. The number of rotatable bonds is 3. The van der Waals surface area contributed by atoms with Crippen molar-refractivity contribution in [3.63, 3.8) is 0 Å². The summed E-state index contributed by atoms with van der Waals surface area (Å²) in [6, 6.07) is 7.64. The molecule has 1 fully saturated rings. The molecule has 132 valence electrons. The number of amides is 3. The normalized spacial score (nSPS) is 15.3. The number of benzene rings is 1. The van der Waals surface area contributed by atoms with Crippen molar-refractivity contribution in [1.29, 1.82) is 0 Å². The Morgan fingerprint density at radius 3 is 2.08 bits per heavy atom. The predicted molar refractivity (Wildman–Crippen MR) is 98.6 cm³/mol. The summed E-state index contributed by atoms with van der Waals surface area (Å²) in [5.74, 6) is 0.0393. The molecule has 1 aromatic rings. The van der Waals surface area contributed by atoms with Crippen LogP contribution >= 0.6 is 11.8 Å². The van der Waals surface area contributed by atoms with E-state index in [0.717, 1.165) is 4.90 Å². The van der Waals surface area contributed by atoms with Crippen molar-refractivity contribution in [3.05, 3.63) is 29.8 Å². The Balaban J connectivity index is 1.85. The minimum atomic E-state index is -0.0404. The van der Waals surface area contributed by atoms with Crippen LogP contribution in [0.2, 0.25) is 0 Å². The summed E-state index contributed by atoms with van der Waals surface area (Å²) in [7, 11) is 0. The van der Waals surface area contributed by atoms with E-state index in [1.165, 1.54) is 0 Å². The molecule has 0 atom stereocenters. The molecule has 0 aromatic heterocycles. The Bertz CT molecular complexity index is 573. The number of hydrogen-bond donors (Lipinski definition) is 1. The van der Waals surface area contributed by atoms with E-state index in [-0.39, 0.29) is 17.4 Å². The van der Waals surface area contributed by atoms with E-state index in [2.05, 4.69) is 26.1 Å². The summed E-state index contributed by atoms with van der Waals surface area (Å²) < 4.78 is 0. The minimum absolute atomic E-state index is 0.0393. The Morgan fingerprint density at radius 1 is 1.04 bits per heavy atom. The molecule has 1 saturated heterocycles. The van der Waals surface area contributed by atoms with E-state index in [4.69, 9.17) is 0 Å². The van der Waals surface area contributed by atoms with E-state index >= 15 is 0 Å². The molecule has 5 nitrogen and oxygen atoms in total. The summed E-state index contributed by atoms with van der Waals surface area (Å²) in [5, 5.41) is 2.96. The van der Waals surface area contributed by atoms with Crippen molar-refractivity contribution < 1.29 is 9.59 Å². The fraction of sp³-hybridized carbons (Fsp3) is 0.556. The molecule has 0 bridgehead atoms. The topological polar surface area (TPSA) is 52.7 Å². The van der Waals surface area contributed by atoms with Gasteiger partial charge in [-0.3, -0.25) is 4.79 Å². The lowest BCUT2D eigenvalue weighted by Crippen LogP contribution is -2.53. The van der Waals surface area contributed by atoms with Gasteiger partial charge in [0, 0.05) is 43.2 Å². The van der Waals surface area contributed by atoms with Crippen LogP contribution in [0, 0.1) is 5.41 Å². The van der Waals surface area contributed by atoms with Gasteiger partial charge in [-0.05, 0) is 35.9 Å². The molecule has 3 amide bonds. The Labute approximate surface area is 148 Å². The van der Waals surface area contributed by atoms with Crippen molar-refractivity contribution in [2.75, 3.05) is 39.0 Å². The van der Waals surface area contributed by atoms with Crippen molar-refractivity contribution in [1.82, 2.24) is 15.1 Å². The molecule has 0 saturated carbocycles. The van der Waals surface area contributed by atoms with E-state index in [1.54, 1.807) is 16.7 Å². The van der Waals surface area contributed by atoms with Crippen LogP contribution in [-0.4, -0.2) is 60.7 Å². The first kappa shape index (κ1) is 18.6. The first-order valence-electron chi connectivity index (χ1n) is 8.26. The number of urea groups is 1. The fourth-order valence-electron chi connectivity index (χ4n) is 2.48. The van der Waals surface area contributed by atoms with Gasteiger partial charge in [0.2, 0.25) is 0 Å². The van der Waals surface area contributed by atoms with Gasteiger partial charge in [-0.15, -0.1) is 11.8 Å². The molecule has 0 unspecified atom stereocenters. The van der Waals surface area contributed by atoms with Crippen molar-refractivity contribution in [2.24, 2.45) is 5.41 Å². The minimum Gasteiger partial charge on any atom is -0.337 e. The number of nitrogens with zero attached hydrogens (tertiary/aromatic N) is 2. The molecule has 0 radical (unpaired) electrons. The third kappa shape index (κ3) is 5.16. The van der Waals surface area contributed by atoms with Crippen LogP contribution in [0.25, 0.3) is 0 Å². The van der Waals surface area contributed by atoms with Gasteiger partial charge in [0.25, 0.3) is 5.91 Å². The standard InChI is InChI=1S/C18H27N3O2S/c1-18(2,3)13-19-17(23)21-11-9-20(10-12-21)16(22)14-5-7-15(24-4)8-6-14/h5-8H,9-13H2,1-4H3,(H,19,23). The summed E-state index contributed by atoms with van der Waals surface area (Å²) in [6.07, 6.45) is 2.01. The van der Waals surface area contributed by atoms with E-state index < -0.39 is 0 Å². The molecule has 1 aliphatic rings. The number of hydrogen-bond acceptors (Lipinski definition) is 3. The van der Waals surface area contributed by atoms with Crippen molar-refractivity contribution in [3.8, 4) is 0 Å². The Hall–Kier alpha value is -1.69. The van der Waals surface area contributed by atoms with Crippen LogP contribution in [0.4, 0.5) is 4.79 Å². The predicted octanol–water partition coefficient (Wildman–Crippen LogP) is 2.92. The quantitative estimate of drug-likeness (QED) is 0.854. The second kappa shape index (κ2) is 7.92. The smallest absolute Gasteiger partial charge is 0.317 e. The Morgan fingerprint density at radius 2 is 1.58 bits per heavy atom. The van der Waals surface area contributed by atoms with Gasteiger partial charge in [0.15, 0.2) is 0 Å². The van der Waals surface area contributed by atoms with Crippen LogP contribution in [0.3, 0.4) is 0 Å². The molecule has 6 heteroatoms. The second-order valence-electron chi connectivity index (χ2n) is 7.23. The molecule has 1 heterocycles. The summed E-state index contributed by atoms with van der Waals surface area (Å²) >= 11 is 1.66. The fourth-order valence-corrected chi connectivity index (χ4v) is 2.89. The zero-order chi connectivity index (χ0) is 17.7. The SMILES string of the molecule is CSc1ccc(C(=O)N2CCN(C(=O)NCC(C)(C)C)CC2)cc1. The molecule has 24 heavy (non-hydrogen) atoms. The highest BCUT2D eigenvalue weighted by molar-refractivity contribution is 7.98.